The first-order valence-electron chi connectivity index (χ1n) is 6.96. The summed E-state index contributed by atoms with van der Waals surface area (Å²) in [4.78, 5) is 0. The van der Waals surface area contributed by atoms with E-state index < -0.39 is 6.29 Å². The molecule has 1 aromatic carbocycles. The summed E-state index contributed by atoms with van der Waals surface area (Å²) in [7, 11) is 0. The zero-order chi connectivity index (χ0) is 13.7. The molecule has 1 aromatic rings. The van der Waals surface area contributed by atoms with Crippen LogP contribution < -0.4 is 14.8 Å². The molecular weight excluding hydrogens is 264 g/mol. The summed E-state index contributed by atoms with van der Waals surface area (Å²) in [6.45, 7) is 0. The van der Waals surface area contributed by atoms with Gasteiger partial charge < -0.3 is 14.8 Å². The maximum Gasteiger partial charge on any atom is 0.586 e. The standard InChI is InChI=1S/C15H15F2NO2/c16-15(17)19-13-5-4-9(8-14(13)20-15)10-6-11-2-1-3-12(7-10)18-11/h4-6,8,11-12,18H,1-3,7H2. The van der Waals surface area contributed by atoms with Crippen molar-refractivity contribution >= 4 is 5.57 Å². The molecule has 0 amide bonds. The molecule has 4 rings (SSSR count). The van der Waals surface area contributed by atoms with Crippen molar-refractivity contribution in [3.63, 3.8) is 0 Å². The van der Waals surface area contributed by atoms with E-state index in [1.165, 1.54) is 18.4 Å². The van der Waals surface area contributed by atoms with Crippen LogP contribution in [0.15, 0.2) is 24.3 Å². The molecule has 2 unspecified atom stereocenters. The normalized spacial score (nSPS) is 30.0. The molecule has 3 nitrogen and oxygen atoms in total. The van der Waals surface area contributed by atoms with Crippen LogP contribution in [0.25, 0.3) is 5.57 Å². The molecule has 1 fully saturated rings. The zero-order valence-corrected chi connectivity index (χ0v) is 10.9. The van der Waals surface area contributed by atoms with E-state index in [0.29, 0.717) is 12.1 Å². The average molecular weight is 279 g/mol. The van der Waals surface area contributed by atoms with Gasteiger partial charge in [-0.2, -0.15) is 0 Å². The number of halogens is 2. The van der Waals surface area contributed by atoms with Crippen molar-refractivity contribution < 1.29 is 18.3 Å². The molecule has 0 spiro atoms. The summed E-state index contributed by atoms with van der Waals surface area (Å²) in [6.07, 6.45) is 3.18. The van der Waals surface area contributed by atoms with Gasteiger partial charge in [-0.15, -0.1) is 8.78 Å². The van der Waals surface area contributed by atoms with E-state index in [1.54, 1.807) is 12.1 Å². The SMILES string of the molecule is FC1(F)Oc2ccc(C3=CC4CCCC(C3)N4)cc2O1. The van der Waals surface area contributed by atoms with Crippen LogP contribution in [0.1, 0.15) is 31.2 Å². The van der Waals surface area contributed by atoms with Gasteiger partial charge in [0.15, 0.2) is 11.5 Å². The molecule has 0 aromatic heterocycles. The number of hydrogen-bond donors (Lipinski definition) is 1. The van der Waals surface area contributed by atoms with Gasteiger partial charge in [-0.25, -0.2) is 0 Å². The van der Waals surface area contributed by atoms with Crippen LogP contribution in [0.4, 0.5) is 8.78 Å². The van der Waals surface area contributed by atoms with Gasteiger partial charge in [-0.1, -0.05) is 18.6 Å². The number of hydrogen-bond acceptors (Lipinski definition) is 3. The maximum absolute atomic E-state index is 13.0. The largest absolute Gasteiger partial charge is 0.586 e. The van der Waals surface area contributed by atoms with Crippen molar-refractivity contribution in [1.82, 2.24) is 5.32 Å². The van der Waals surface area contributed by atoms with E-state index in [-0.39, 0.29) is 11.5 Å². The highest BCUT2D eigenvalue weighted by atomic mass is 19.3. The molecule has 3 aliphatic heterocycles. The van der Waals surface area contributed by atoms with Crippen molar-refractivity contribution in [1.29, 1.82) is 0 Å². The fraction of sp³-hybridized carbons (Fsp3) is 0.467. The smallest absolute Gasteiger partial charge is 0.395 e. The number of fused-ring (bicyclic) bond motifs is 3. The summed E-state index contributed by atoms with van der Waals surface area (Å²) >= 11 is 0. The monoisotopic (exact) mass is 279 g/mol. The molecule has 20 heavy (non-hydrogen) atoms. The van der Waals surface area contributed by atoms with E-state index in [1.807, 2.05) is 6.07 Å². The Morgan fingerprint density at radius 2 is 2.00 bits per heavy atom. The highest BCUT2D eigenvalue weighted by Gasteiger charge is 2.43. The van der Waals surface area contributed by atoms with Gasteiger partial charge in [0.2, 0.25) is 0 Å². The van der Waals surface area contributed by atoms with Gasteiger partial charge in [-0.3, -0.25) is 0 Å². The van der Waals surface area contributed by atoms with Gasteiger partial charge >= 0.3 is 6.29 Å². The lowest BCUT2D eigenvalue weighted by Crippen LogP contribution is -2.44. The first-order valence-corrected chi connectivity index (χ1v) is 6.96. The van der Waals surface area contributed by atoms with Crippen LogP contribution in [0.5, 0.6) is 11.5 Å². The summed E-state index contributed by atoms with van der Waals surface area (Å²) in [5.41, 5.74) is 2.16. The minimum atomic E-state index is -3.54. The molecule has 3 heterocycles. The molecular formula is C15H15F2NO2. The lowest BCUT2D eigenvalue weighted by atomic mass is 9.85. The first-order chi connectivity index (χ1) is 9.59. The van der Waals surface area contributed by atoms with Crippen LogP contribution in [0.3, 0.4) is 0 Å². The summed E-state index contributed by atoms with van der Waals surface area (Å²) in [6, 6.07) is 5.95. The highest BCUT2D eigenvalue weighted by Crippen LogP contribution is 2.43. The van der Waals surface area contributed by atoms with Crippen molar-refractivity contribution in [3.8, 4) is 11.5 Å². The number of alkyl halides is 2. The Kier molecular flexibility index (Phi) is 2.54. The third-order valence-corrected chi connectivity index (χ3v) is 4.16. The topological polar surface area (TPSA) is 30.5 Å². The minimum absolute atomic E-state index is 0.105. The molecule has 5 heteroatoms. The van der Waals surface area contributed by atoms with Crippen LogP contribution in [0, 0.1) is 0 Å². The molecule has 0 saturated carbocycles. The van der Waals surface area contributed by atoms with Crippen molar-refractivity contribution in [2.24, 2.45) is 0 Å². The van der Waals surface area contributed by atoms with E-state index in [2.05, 4.69) is 20.9 Å². The third-order valence-electron chi connectivity index (χ3n) is 4.16. The molecule has 1 saturated heterocycles. The predicted molar refractivity (Wildman–Crippen MR) is 69.8 cm³/mol. The zero-order valence-electron chi connectivity index (χ0n) is 10.9. The number of rotatable bonds is 1. The fourth-order valence-corrected chi connectivity index (χ4v) is 3.29. The van der Waals surface area contributed by atoms with Crippen LogP contribution in [0.2, 0.25) is 0 Å². The maximum atomic E-state index is 13.0. The van der Waals surface area contributed by atoms with Gasteiger partial charge in [0, 0.05) is 12.1 Å². The second-order valence-electron chi connectivity index (χ2n) is 5.63. The van der Waals surface area contributed by atoms with E-state index >= 15 is 0 Å². The van der Waals surface area contributed by atoms with Gasteiger partial charge in [-0.05, 0) is 42.5 Å². The van der Waals surface area contributed by atoms with Gasteiger partial charge in [0.05, 0.1) is 0 Å². The number of ether oxygens (including phenoxy) is 2. The molecule has 3 aliphatic rings. The van der Waals surface area contributed by atoms with Gasteiger partial charge in [0.25, 0.3) is 0 Å². The van der Waals surface area contributed by atoms with E-state index in [9.17, 15) is 8.78 Å². The Labute approximate surface area is 115 Å². The Morgan fingerprint density at radius 3 is 2.85 bits per heavy atom. The second kappa shape index (κ2) is 4.19. The summed E-state index contributed by atoms with van der Waals surface area (Å²) in [5.74, 6) is 0.227. The lowest BCUT2D eigenvalue weighted by molar-refractivity contribution is -0.286. The van der Waals surface area contributed by atoms with Crippen LogP contribution in [-0.2, 0) is 0 Å². The Morgan fingerprint density at radius 1 is 1.15 bits per heavy atom. The Bertz CT molecular complexity index is 585. The number of piperidine rings is 1. The third kappa shape index (κ3) is 2.06. The van der Waals surface area contributed by atoms with Crippen molar-refractivity contribution in [3.05, 3.63) is 29.8 Å². The highest BCUT2D eigenvalue weighted by molar-refractivity contribution is 5.70. The lowest BCUT2D eigenvalue weighted by Gasteiger charge is -2.35. The minimum Gasteiger partial charge on any atom is -0.395 e. The Hall–Kier alpha value is -1.62. The summed E-state index contributed by atoms with van der Waals surface area (Å²) < 4.78 is 35.0. The quantitative estimate of drug-likeness (QED) is 0.855. The van der Waals surface area contributed by atoms with Crippen molar-refractivity contribution in [2.75, 3.05) is 0 Å². The molecule has 1 N–H and O–H groups in total. The Balaban J connectivity index is 1.66. The van der Waals surface area contributed by atoms with E-state index in [4.69, 9.17) is 0 Å². The van der Waals surface area contributed by atoms with E-state index in [0.717, 1.165) is 18.4 Å². The number of nitrogens with one attached hydrogen (secondary N) is 1. The van der Waals surface area contributed by atoms with Crippen molar-refractivity contribution in [2.45, 2.75) is 44.1 Å². The predicted octanol–water partition coefficient (Wildman–Crippen LogP) is 3.31. The molecule has 2 bridgehead atoms. The summed E-state index contributed by atoms with van der Waals surface area (Å²) in [5, 5.41) is 3.57. The molecule has 106 valence electrons. The first kappa shape index (κ1) is 12.1. The van der Waals surface area contributed by atoms with Crippen LogP contribution >= 0.6 is 0 Å². The fourth-order valence-electron chi connectivity index (χ4n) is 3.29. The molecule has 0 aliphatic carbocycles. The molecule has 2 atom stereocenters. The molecule has 0 radical (unpaired) electrons. The second-order valence-corrected chi connectivity index (χ2v) is 5.63. The van der Waals surface area contributed by atoms with Crippen LogP contribution in [-0.4, -0.2) is 18.4 Å². The number of benzene rings is 1. The van der Waals surface area contributed by atoms with Gasteiger partial charge in [0.1, 0.15) is 0 Å². The average Bonchev–Trinajstić information content (AvgIpc) is 2.70.